The number of hydrogen-bond donors (Lipinski definition) is 0. The van der Waals surface area contributed by atoms with Crippen LogP contribution in [0.25, 0.3) is 0 Å². The summed E-state index contributed by atoms with van der Waals surface area (Å²) in [6.07, 6.45) is 13.0. The zero-order valence-corrected chi connectivity index (χ0v) is 14.5. The predicted molar refractivity (Wildman–Crippen MR) is 100 cm³/mol. The van der Waals surface area contributed by atoms with Crippen molar-refractivity contribution >= 4 is 0 Å². The Kier molecular flexibility index (Phi) is 4.93. The van der Waals surface area contributed by atoms with E-state index in [9.17, 15) is 0 Å². The van der Waals surface area contributed by atoms with Crippen LogP contribution in [0.4, 0.5) is 0 Å². The molecular weight excluding hydrogens is 308 g/mol. The Balaban J connectivity index is 1.39. The van der Waals surface area contributed by atoms with Gasteiger partial charge in [-0.2, -0.15) is 0 Å². The summed E-state index contributed by atoms with van der Waals surface area (Å²) in [4.78, 5) is 6.88. The van der Waals surface area contributed by atoms with E-state index in [0.717, 1.165) is 43.9 Å². The Morgan fingerprint density at radius 2 is 2.12 bits per heavy atom. The zero-order chi connectivity index (χ0) is 16.9. The molecule has 2 aromatic rings. The summed E-state index contributed by atoms with van der Waals surface area (Å²) in [5.74, 6) is 1.59. The largest absolute Gasteiger partial charge is 0.487 e. The molecule has 0 saturated heterocycles. The molecule has 1 atom stereocenters. The number of hydrogen-bond acceptors (Lipinski definition) is 3. The van der Waals surface area contributed by atoms with Gasteiger partial charge in [0.1, 0.15) is 12.4 Å². The number of rotatable bonds is 5. The molecule has 0 radical (unpaired) electrons. The highest BCUT2D eigenvalue weighted by molar-refractivity contribution is 5.37. The number of ether oxygens (including phenoxy) is 1. The third kappa shape index (κ3) is 4.18. The summed E-state index contributed by atoms with van der Waals surface area (Å²) < 4.78 is 5.94. The molecule has 0 fully saturated rings. The summed E-state index contributed by atoms with van der Waals surface area (Å²) in [7, 11) is 0. The second-order valence-electron chi connectivity index (χ2n) is 6.83. The monoisotopic (exact) mass is 332 g/mol. The predicted octanol–water partition coefficient (Wildman–Crippen LogP) is 4.15. The maximum atomic E-state index is 5.94. The van der Waals surface area contributed by atoms with E-state index in [-0.39, 0.29) is 0 Å². The van der Waals surface area contributed by atoms with Gasteiger partial charge in [-0.25, -0.2) is 0 Å². The minimum atomic E-state index is 0.516. The van der Waals surface area contributed by atoms with Crippen LogP contribution < -0.4 is 4.74 Å². The highest BCUT2D eigenvalue weighted by Crippen LogP contribution is 2.26. The van der Waals surface area contributed by atoms with Gasteiger partial charge in [-0.1, -0.05) is 36.4 Å². The molecule has 4 rings (SSSR count). The van der Waals surface area contributed by atoms with E-state index < -0.39 is 0 Å². The summed E-state index contributed by atoms with van der Waals surface area (Å²) >= 11 is 0. The molecule has 1 aliphatic heterocycles. The molecular formula is C22H24N2O. The summed E-state index contributed by atoms with van der Waals surface area (Å²) in [5.41, 5.74) is 3.82. The van der Waals surface area contributed by atoms with Crippen molar-refractivity contribution in [3.8, 4) is 5.75 Å². The SMILES string of the molecule is C1=CCC(CN2CCc3ccc(OCc4ccccn4)cc3C2)C=C1. The molecule has 0 saturated carbocycles. The Morgan fingerprint density at radius 3 is 2.96 bits per heavy atom. The Labute approximate surface area is 149 Å². The van der Waals surface area contributed by atoms with E-state index >= 15 is 0 Å². The lowest BCUT2D eigenvalue weighted by molar-refractivity contribution is 0.228. The van der Waals surface area contributed by atoms with Gasteiger partial charge < -0.3 is 4.74 Å². The van der Waals surface area contributed by atoms with Crippen LogP contribution in [0, 0.1) is 5.92 Å². The summed E-state index contributed by atoms with van der Waals surface area (Å²) in [6.45, 7) is 3.82. The molecule has 0 N–H and O–H groups in total. The first kappa shape index (κ1) is 16.1. The zero-order valence-electron chi connectivity index (χ0n) is 14.5. The molecule has 0 spiro atoms. The highest BCUT2D eigenvalue weighted by Gasteiger charge is 2.19. The molecule has 1 aromatic carbocycles. The molecule has 2 heterocycles. The molecule has 128 valence electrons. The van der Waals surface area contributed by atoms with Crippen molar-refractivity contribution in [1.82, 2.24) is 9.88 Å². The quantitative estimate of drug-likeness (QED) is 0.822. The average Bonchev–Trinajstić information content (AvgIpc) is 2.68. The van der Waals surface area contributed by atoms with Crippen molar-refractivity contribution < 1.29 is 4.74 Å². The highest BCUT2D eigenvalue weighted by atomic mass is 16.5. The van der Waals surface area contributed by atoms with Gasteiger partial charge >= 0.3 is 0 Å². The third-order valence-electron chi connectivity index (χ3n) is 4.94. The van der Waals surface area contributed by atoms with Crippen molar-refractivity contribution in [3.63, 3.8) is 0 Å². The minimum absolute atomic E-state index is 0.516. The molecule has 0 amide bonds. The number of allylic oxidation sites excluding steroid dienone is 3. The Hall–Kier alpha value is -2.39. The number of nitrogens with zero attached hydrogens (tertiary/aromatic N) is 2. The van der Waals surface area contributed by atoms with Crippen LogP contribution in [0.15, 0.2) is 66.9 Å². The standard InChI is InChI=1S/C22H24N2O/c1-2-6-18(7-3-1)15-24-13-11-19-9-10-22(14-20(19)16-24)25-17-21-8-4-5-12-23-21/h1-6,8-10,12,14,18H,7,11,13,15-17H2. The Morgan fingerprint density at radius 1 is 1.12 bits per heavy atom. The fraction of sp³-hybridized carbons (Fsp3) is 0.318. The van der Waals surface area contributed by atoms with Crippen LogP contribution in [0.3, 0.4) is 0 Å². The van der Waals surface area contributed by atoms with Gasteiger partial charge in [0, 0.05) is 25.8 Å². The van der Waals surface area contributed by atoms with Crippen LogP contribution in [-0.2, 0) is 19.6 Å². The van der Waals surface area contributed by atoms with Crippen LogP contribution >= 0.6 is 0 Å². The molecule has 0 bridgehead atoms. The first-order valence-electron chi connectivity index (χ1n) is 9.07. The molecule has 3 nitrogen and oxygen atoms in total. The van der Waals surface area contributed by atoms with Crippen LogP contribution in [0.5, 0.6) is 5.75 Å². The van der Waals surface area contributed by atoms with Crippen molar-refractivity contribution in [1.29, 1.82) is 0 Å². The van der Waals surface area contributed by atoms with Crippen LogP contribution in [0.1, 0.15) is 23.2 Å². The second-order valence-corrected chi connectivity index (χ2v) is 6.83. The van der Waals surface area contributed by atoms with E-state index in [1.807, 2.05) is 18.2 Å². The van der Waals surface area contributed by atoms with E-state index in [4.69, 9.17) is 4.74 Å². The van der Waals surface area contributed by atoms with Gasteiger partial charge in [0.2, 0.25) is 0 Å². The molecule has 1 unspecified atom stereocenters. The molecule has 1 aromatic heterocycles. The summed E-state index contributed by atoms with van der Waals surface area (Å²) in [5, 5.41) is 0. The first-order valence-corrected chi connectivity index (χ1v) is 9.07. The van der Waals surface area contributed by atoms with Crippen molar-refractivity contribution in [3.05, 3.63) is 83.7 Å². The van der Waals surface area contributed by atoms with E-state index in [1.54, 1.807) is 6.20 Å². The number of benzene rings is 1. The molecule has 1 aliphatic carbocycles. The first-order chi connectivity index (χ1) is 12.4. The van der Waals surface area contributed by atoms with Crippen molar-refractivity contribution in [2.75, 3.05) is 13.1 Å². The normalized spacial score (nSPS) is 19.6. The number of pyridine rings is 1. The third-order valence-corrected chi connectivity index (χ3v) is 4.94. The van der Waals surface area contributed by atoms with Crippen molar-refractivity contribution in [2.45, 2.75) is 26.0 Å². The molecule has 3 heteroatoms. The van der Waals surface area contributed by atoms with Gasteiger partial charge in [-0.05, 0) is 54.2 Å². The van der Waals surface area contributed by atoms with Crippen LogP contribution in [-0.4, -0.2) is 23.0 Å². The topological polar surface area (TPSA) is 25.4 Å². The van der Waals surface area contributed by atoms with Gasteiger partial charge in [-0.15, -0.1) is 0 Å². The smallest absolute Gasteiger partial charge is 0.130 e. The fourth-order valence-corrected chi connectivity index (χ4v) is 3.58. The van der Waals surface area contributed by atoms with Gasteiger partial charge in [0.25, 0.3) is 0 Å². The number of aromatic nitrogens is 1. The maximum absolute atomic E-state index is 5.94. The minimum Gasteiger partial charge on any atom is -0.487 e. The molecule has 25 heavy (non-hydrogen) atoms. The van der Waals surface area contributed by atoms with E-state index in [1.165, 1.54) is 11.1 Å². The Bertz CT molecular complexity index is 767. The van der Waals surface area contributed by atoms with Gasteiger partial charge in [0.05, 0.1) is 5.69 Å². The van der Waals surface area contributed by atoms with E-state index in [0.29, 0.717) is 12.5 Å². The molecule has 2 aliphatic rings. The van der Waals surface area contributed by atoms with E-state index in [2.05, 4.69) is 52.4 Å². The lowest BCUT2D eigenvalue weighted by Crippen LogP contribution is -2.34. The lowest BCUT2D eigenvalue weighted by atomic mass is 9.96. The van der Waals surface area contributed by atoms with Crippen molar-refractivity contribution in [2.24, 2.45) is 5.92 Å². The average molecular weight is 332 g/mol. The summed E-state index contributed by atoms with van der Waals surface area (Å²) in [6, 6.07) is 12.4. The van der Waals surface area contributed by atoms with Crippen LogP contribution in [0.2, 0.25) is 0 Å². The van der Waals surface area contributed by atoms with Gasteiger partial charge in [-0.3, -0.25) is 9.88 Å². The number of fused-ring (bicyclic) bond motifs is 1. The van der Waals surface area contributed by atoms with Gasteiger partial charge in [0.15, 0.2) is 0 Å². The lowest BCUT2D eigenvalue weighted by Gasteiger charge is -2.31. The maximum Gasteiger partial charge on any atom is 0.130 e. The fourth-order valence-electron chi connectivity index (χ4n) is 3.58. The second kappa shape index (κ2) is 7.66.